The predicted molar refractivity (Wildman–Crippen MR) is 60.3 cm³/mol. The van der Waals surface area contributed by atoms with Crippen LogP contribution in [0.5, 0.6) is 0 Å². The van der Waals surface area contributed by atoms with Crippen molar-refractivity contribution in [2.45, 2.75) is 25.1 Å². The molecule has 0 N–H and O–H groups in total. The van der Waals surface area contributed by atoms with Crippen molar-refractivity contribution >= 4 is 17.4 Å². The van der Waals surface area contributed by atoms with Gasteiger partial charge in [-0.1, -0.05) is 0 Å². The van der Waals surface area contributed by atoms with Crippen molar-refractivity contribution in [1.82, 2.24) is 4.98 Å². The van der Waals surface area contributed by atoms with Crippen LogP contribution >= 0.6 is 11.6 Å². The Kier molecular flexibility index (Phi) is 3.47. The van der Waals surface area contributed by atoms with Crippen LogP contribution in [0.1, 0.15) is 18.4 Å². The molecule has 1 fully saturated rings. The van der Waals surface area contributed by atoms with Crippen LogP contribution in [0.25, 0.3) is 0 Å². The van der Waals surface area contributed by atoms with Crippen LogP contribution in [0, 0.1) is 0 Å². The molecule has 1 aromatic heterocycles. The van der Waals surface area contributed by atoms with Crippen molar-refractivity contribution in [3.8, 4) is 0 Å². The summed E-state index contributed by atoms with van der Waals surface area (Å²) in [4.78, 5) is 5.84. The molecule has 0 bridgehead atoms. The Bertz CT molecular complexity index is 377. The molecule has 0 aliphatic carbocycles. The first-order valence-electron chi connectivity index (χ1n) is 5.38. The standard InChI is InChI=1S/C11H12ClF3N2/c12-6-9-2-1-5-17(9)10-4-3-8(7-16-10)11(13,14)15/h3-4,7,9H,1-2,5-6H2. The van der Waals surface area contributed by atoms with Crippen LogP contribution in [0.15, 0.2) is 18.3 Å². The van der Waals surface area contributed by atoms with E-state index in [1.54, 1.807) is 0 Å². The molecule has 0 radical (unpaired) electrons. The van der Waals surface area contributed by atoms with Gasteiger partial charge in [-0.05, 0) is 25.0 Å². The van der Waals surface area contributed by atoms with E-state index < -0.39 is 11.7 Å². The van der Waals surface area contributed by atoms with Gasteiger partial charge in [-0.3, -0.25) is 0 Å². The molecule has 1 unspecified atom stereocenters. The lowest BCUT2D eigenvalue weighted by molar-refractivity contribution is -0.137. The first-order chi connectivity index (χ1) is 8.02. The van der Waals surface area contributed by atoms with E-state index in [2.05, 4.69) is 4.98 Å². The fraction of sp³-hybridized carbons (Fsp3) is 0.545. The Balaban J connectivity index is 2.18. The van der Waals surface area contributed by atoms with Crippen molar-refractivity contribution in [2.24, 2.45) is 0 Å². The van der Waals surface area contributed by atoms with Crippen LogP contribution in [0.2, 0.25) is 0 Å². The number of alkyl halides is 4. The van der Waals surface area contributed by atoms with Crippen LogP contribution in [0.3, 0.4) is 0 Å². The van der Waals surface area contributed by atoms with Gasteiger partial charge < -0.3 is 4.90 Å². The predicted octanol–water partition coefficient (Wildman–Crippen LogP) is 3.31. The third kappa shape index (κ3) is 2.65. The maximum atomic E-state index is 12.4. The Morgan fingerprint density at radius 2 is 2.18 bits per heavy atom. The SMILES string of the molecule is FC(F)(F)c1ccc(N2CCCC2CCl)nc1. The molecular weight excluding hydrogens is 253 g/mol. The zero-order chi connectivity index (χ0) is 12.5. The summed E-state index contributed by atoms with van der Waals surface area (Å²) in [6.45, 7) is 0.801. The van der Waals surface area contributed by atoms with E-state index >= 15 is 0 Å². The van der Waals surface area contributed by atoms with Crippen LogP contribution in [-0.4, -0.2) is 23.5 Å². The number of rotatable bonds is 2. The normalized spacial score (nSPS) is 20.9. The van der Waals surface area contributed by atoms with E-state index in [0.717, 1.165) is 31.6 Å². The summed E-state index contributed by atoms with van der Waals surface area (Å²) in [5, 5.41) is 0. The number of pyridine rings is 1. The zero-order valence-electron chi connectivity index (χ0n) is 9.04. The van der Waals surface area contributed by atoms with Crippen LogP contribution in [-0.2, 0) is 6.18 Å². The van der Waals surface area contributed by atoms with E-state index in [9.17, 15) is 13.2 Å². The average molecular weight is 265 g/mol. The van der Waals surface area contributed by atoms with Gasteiger partial charge in [-0.25, -0.2) is 4.98 Å². The maximum Gasteiger partial charge on any atom is 0.417 e. The minimum atomic E-state index is -4.33. The molecule has 1 aliphatic heterocycles. The van der Waals surface area contributed by atoms with Crippen molar-refractivity contribution in [3.63, 3.8) is 0 Å². The minimum absolute atomic E-state index is 0.181. The summed E-state index contributed by atoms with van der Waals surface area (Å²) in [6, 6.07) is 2.65. The lowest BCUT2D eigenvalue weighted by atomic mass is 10.2. The highest BCUT2D eigenvalue weighted by atomic mass is 35.5. The average Bonchev–Trinajstić information content (AvgIpc) is 2.76. The van der Waals surface area contributed by atoms with Gasteiger partial charge in [-0.2, -0.15) is 13.2 Å². The molecular formula is C11H12ClF3N2. The van der Waals surface area contributed by atoms with E-state index in [4.69, 9.17) is 11.6 Å². The minimum Gasteiger partial charge on any atom is -0.352 e. The largest absolute Gasteiger partial charge is 0.417 e. The first-order valence-corrected chi connectivity index (χ1v) is 5.91. The van der Waals surface area contributed by atoms with Crippen molar-refractivity contribution in [1.29, 1.82) is 0 Å². The molecule has 1 saturated heterocycles. The van der Waals surface area contributed by atoms with E-state index in [0.29, 0.717) is 11.7 Å². The molecule has 2 rings (SSSR count). The van der Waals surface area contributed by atoms with Gasteiger partial charge in [0.2, 0.25) is 0 Å². The number of aromatic nitrogens is 1. The van der Waals surface area contributed by atoms with Crippen LogP contribution in [0.4, 0.5) is 19.0 Å². The fourth-order valence-electron chi connectivity index (χ4n) is 2.02. The topological polar surface area (TPSA) is 16.1 Å². The molecule has 94 valence electrons. The second-order valence-electron chi connectivity index (χ2n) is 4.05. The Morgan fingerprint density at radius 3 is 2.71 bits per heavy atom. The zero-order valence-corrected chi connectivity index (χ0v) is 9.80. The highest BCUT2D eigenvalue weighted by Gasteiger charge is 2.31. The highest BCUT2D eigenvalue weighted by molar-refractivity contribution is 6.18. The monoisotopic (exact) mass is 264 g/mol. The molecule has 0 spiro atoms. The van der Waals surface area contributed by atoms with Gasteiger partial charge in [0, 0.05) is 24.7 Å². The Morgan fingerprint density at radius 1 is 1.41 bits per heavy atom. The van der Waals surface area contributed by atoms with Gasteiger partial charge in [-0.15, -0.1) is 11.6 Å². The van der Waals surface area contributed by atoms with E-state index in [-0.39, 0.29) is 6.04 Å². The smallest absolute Gasteiger partial charge is 0.352 e. The summed E-state index contributed by atoms with van der Waals surface area (Å²) in [5.41, 5.74) is -0.720. The molecule has 2 nitrogen and oxygen atoms in total. The van der Waals surface area contributed by atoms with Crippen molar-refractivity contribution < 1.29 is 13.2 Å². The summed E-state index contributed by atoms with van der Waals surface area (Å²) < 4.78 is 37.1. The van der Waals surface area contributed by atoms with Gasteiger partial charge in [0.05, 0.1) is 5.56 Å². The second-order valence-corrected chi connectivity index (χ2v) is 4.36. The summed E-state index contributed by atoms with van der Waals surface area (Å²) in [7, 11) is 0. The second kappa shape index (κ2) is 4.72. The van der Waals surface area contributed by atoms with Gasteiger partial charge in [0.15, 0.2) is 0 Å². The number of hydrogen-bond donors (Lipinski definition) is 0. The number of nitrogens with zero attached hydrogens (tertiary/aromatic N) is 2. The fourth-order valence-corrected chi connectivity index (χ4v) is 2.34. The Labute approximate surface area is 102 Å². The summed E-state index contributed by atoms with van der Waals surface area (Å²) in [6.07, 6.45) is -1.49. The van der Waals surface area contributed by atoms with Crippen LogP contribution < -0.4 is 4.90 Å². The van der Waals surface area contributed by atoms with Gasteiger partial charge in [0.1, 0.15) is 5.82 Å². The quantitative estimate of drug-likeness (QED) is 0.762. The lowest BCUT2D eigenvalue weighted by Crippen LogP contribution is -2.31. The third-order valence-corrected chi connectivity index (χ3v) is 3.28. The number of anilines is 1. The van der Waals surface area contributed by atoms with Gasteiger partial charge in [0.25, 0.3) is 0 Å². The molecule has 17 heavy (non-hydrogen) atoms. The first kappa shape index (κ1) is 12.5. The number of halogens is 4. The molecule has 1 atom stereocenters. The van der Waals surface area contributed by atoms with Gasteiger partial charge >= 0.3 is 6.18 Å². The number of hydrogen-bond acceptors (Lipinski definition) is 2. The molecule has 0 aromatic carbocycles. The molecule has 0 saturated carbocycles. The summed E-state index contributed by atoms with van der Waals surface area (Å²) >= 11 is 5.81. The molecule has 2 heterocycles. The lowest BCUT2D eigenvalue weighted by Gasteiger charge is -2.24. The highest BCUT2D eigenvalue weighted by Crippen LogP contribution is 2.30. The maximum absolute atomic E-state index is 12.4. The van der Waals surface area contributed by atoms with Crippen molar-refractivity contribution in [3.05, 3.63) is 23.9 Å². The van der Waals surface area contributed by atoms with Crippen molar-refractivity contribution in [2.75, 3.05) is 17.3 Å². The Hall–Kier alpha value is -0.970. The molecule has 1 aliphatic rings. The van der Waals surface area contributed by atoms with E-state index in [1.165, 1.54) is 6.07 Å². The molecule has 0 amide bonds. The molecule has 6 heteroatoms. The molecule has 1 aromatic rings. The third-order valence-electron chi connectivity index (χ3n) is 2.92. The van der Waals surface area contributed by atoms with E-state index in [1.807, 2.05) is 4.90 Å². The summed E-state index contributed by atoms with van der Waals surface area (Å²) in [5.74, 6) is 1.05.